The van der Waals surface area contributed by atoms with Gasteiger partial charge >= 0.3 is 0 Å². The van der Waals surface area contributed by atoms with Crippen molar-refractivity contribution in [3.05, 3.63) is 16.6 Å². The van der Waals surface area contributed by atoms with Crippen LogP contribution in [0.1, 0.15) is 81.4 Å². The number of hydrogen-bond acceptors (Lipinski definition) is 10. The Labute approximate surface area is 310 Å². The number of thioether (sulfide) groups is 1. The van der Waals surface area contributed by atoms with Crippen LogP contribution < -0.4 is 37.2 Å². The number of rotatable bonds is 8. The first kappa shape index (κ1) is 42.2. The first-order chi connectivity index (χ1) is 23.9. The van der Waals surface area contributed by atoms with E-state index >= 15 is 0 Å². The smallest absolute Gasteiger partial charge is 0.243 e. The molecule has 286 valence electrons. The largest absolute Gasteiger partial charge is 0.349 e. The predicted molar refractivity (Wildman–Crippen MR) is 199 cm³/mol. The zero-order valence-electron chi connectivity index (χ0n) is 31.5. The Balaban J connectivity index is 2.06. The van der Waals surface area contributed by atoms with E-state index in [9.17, 15) is 28.8 Å². The Morgan fingerprint density at radius 2 is 1.12 bits per heavy atom. The summed E-state index contributed by atoms with van der Waals surface area (Å²) in [5.41, 5.74) is 2.21. The summed E-state index contributed by atoms with van der Waals surface area (Å²) >= 11 is 2.85. The molecule has 0 spiro atoms. The number of carbonyl (C=O) groups is 6. The number of carbonyl (C=O) groups excluding carboxylic acids is 6. The third-order valence-corrected chi connectivity index (χ3v) is 11.0. The van der Waals surface area contributed by atoms with Crippen molar-refractivity contribution >= 4 is 58.5 Å². The van der Waals surface area contributed by atoms with E-state index in [4.69, 9.17) is 0 Å². The third-order valence-electron chi connectivity index (χ3n) is 9.09. The zero-order valence-corrected chi connectivity index (χ0v) is 33.1. The van der Waals surface area contributed by atoms with Crippen molar-refractivity contribution in [2.45, 2.75) is 130 Å². The summed E-state index contributed by atoms with van der Waals surface area (Å²) in [7, 11) is 0. The molecule has 3 rings (SSSR count). The molecule has 3 heterocycles. The monoisotopic (exact) mass is 750 g/mol. The highest BCUT2D eigenvalue weighted by Crippen LogP contribution is 2.26. The summed E-state index contributed by atoms with van der Waals surface area (Å²) in [6.07, 6.45) is 0.316. The van der Waals surface area contributed by atoms with Crippen LogP contribution in [0.25, 0.3) is 0 Å². The lowest BCUT2D eigenvalue weighted by molar-refractivity contribution is -0.136. The minimum Gasteiger partial charge on any atom is -0.349 e. The molecule has 7 N–H and O–H groups in total. The topological polar surface area (TPSA) is 200 Å². The number of nitrogens with zero attached hydrogens (tertiary/aromatic N) is 1. The highest BCUT2D eigenvalue weighted by molar-refractivity contribution is 8.00. The van der Waals surface area contributed by atoms with Crippen LogP contribution in [0.3, 0.4) is 0 Å². The van der Waals surface area contributed by atoms with Gasteiger partial charge in [0.15, 0.2) is 0 Å². The van der Waals surface area contributed by atoms with E-state index in [0.717, 1.165) is 0 Å². The van der Waals surface area contributed by atoms with E-state index in [2.05, 4.69) is 42.2 Å². The maximum Gasteiger partial charge on any atom is 0.243 e. The van der Waals surface area contributed by atoms with Crippen LogP contribution in [0.4, 0.5) is 0 Å². The summed E-state index contributed by atoms with van der Waals surface area (Å²) in [6, 6.07) is -6.05. The SMILES string of the molecule is CC(C)C[C@H]1NC(=O)[C@H](Cc2cscn2)NC(=O)[C@@H](C(C)C)NC(=O)[C@@H]2CSC(N2)[C@H](C(C)C)NC(=O)[C@@H](C(C)C)NC(=O)[C@H](C(C)C)NC1=O. The maximum atomic E-state index is 13.9. The van der Waals surface area contributed by atoms with Gasteiger partial charge in [0.2, 0.25) is 35.4 Å². The van der Waals surface area contributed by atoms with E-state index in [0.29, 0.717) is 11.4 Å². The summed E-state index contributed by atoms with van der Waals surface area (Å²) in [5.74, 6) is -3.57. The van der Waals surface area contributed by atoms with Crippen LogP contribution in [0.2, 0.25) is 0 Å². The summed E-state index contributed by atoms with van der Waals surface area (Å²) < 4.78 is 0. The number of nitrogens with one attached hydrogen (secondary N) is 7. The number of aromatic nitrogens is 1. The molecule has 1 aromatic rings. The van der Waals surface area contributed by atoms with Gasteiger partial charge in [-0.25, -0.2) is 4.98 Å². The predicted octanol–water partition coefficient (Wildman–Crippen LogP) is 1.31. The van der Waals surface area contributed by atoms with Crippen molar-refractivity contribution in [2.75, 3.05) is 5.75 Å². The molecule has 1 unspecified atom stereocenters. The molecule has 2 fully saturated rings. The van der Waals surface area contributed by atoms with Gasteiger partial charge in [0.25, 0.3) is 0 Å². The molecule has 2 aliphatic heterocycles. The Kier molecular flexibility index (Phi) is 15.7. The quantitative estimate of drug-likeness (QED) is 0.205. The molecule has 14 nitrogen and oxygen atoms in total. The normalized spacial score (nSPS) is 29.4. The van der Waals surface area contributed by atoms with Crippen molar-refractivity contribution in [3.63, 3.8) is 0 Å². The van der Waals surface area contributed by atoms with E-state index in [-0.39, 0.29) is 59.6 Å². The van der Waals surface area contributed by atoms with Gasteiger partial charge in [0.05, 0.1) is 28.7 Å². The first-order valence-electron chi connectivity index (χ1n) is 18.0. The standard InChI is InChI=1S/C35H58N8O6S2/c1-16(2)11-22-30(45)40-26(18(5)6)33(48)42-27(19(7)8)34(49)43-28(20(9)10)35-39-24(14-51-35)31(46)41-25(17(3)4)32(47)38-23(29(44)37-22)12-21-13-50-15-36-21/h13,15-20,22-28,35,39H,11-12,14H2,1-10H3,(H,37,44)(H,38,47)(H,40,45)(H,41,46)(H,42,48)(H,43,49)/t22-,23+,24+,25-,26+,27-,28+,35?/m1/s1. The second-order valence-corrected chi connectivity index (χ2v) is 17.3. The Bertz CT molecular complexity index is 1370. The van der Waals surface area contributed by atoms with Gasteiger partial charge in [-0.15, -0.1) is 23.1 Å². The molecule has 2 bridgehead atoms. The average molecular weight is 751 g/mol. The highest BCUT2D eigenvalue weighted by Gasteiger charge is 2.40. The maximum absolute atomic E-state index is 13.9. The van der Waals surface area contributed by atoms with E-state index in [1.807, 2.05) is 41.5 Å². The fraction of sp³-hybridized carbons (Fsp3) is 0.743. The molecular weight excluding hydrogens is 693 g/mol. The summed E-state index contributed by atoms with van der Waals surface area (Å²) in [4.78, 5) is 87.1. The summed E-state index contributed by atoms with van der Waals surface area (Å²) in [6.45, 7) is 18.6. The number of amides is 6. The molecule has 2 aliphatic rings. The second kappa shape index (κ2) is 19.0. The van der Waals surface area contributed by atoms with Gasteiger partial charge < -0.3 is 31.9 Å². The van der Waals surface area contributed by atoms with Gasteiger partial charge in [0, 0.05) is 17.6 Å². The summed E-state index contributed by atoms with van der Waals surface area (Å²) in [5, 5.41) is 22.2. The minimum atomic E-state index is -1.11. The molecule has 51 heavy (non-hydrogen) atoms. The van der Waals surface area contributed by atoms with Crippen molar-refractivity contribution in [1.82, 2.24) is 42.2 Å². The number of fused-ring (bicyclic) bond motifs is 2. The van der Waals surface area contributed by atoms with Crippen molar-refractivity contribution in [1.29, 1.82) is 0 Å². The van der Waals surface area contributed by atoms with Gasteiger partial charge in [-0.05, 0) is 36.0 Å². The molecule has 16 heteroatoms. The van der Waals surface area contributed by atoms with E-state index in [1.165, 1.54) is 23.1 Å². The molecule has 6 amide bonds. The van der Waals surface area contributed by atoms with Crippen LogP contribution in [-0.4, -0.2) is 93.8 Å². The lowest BCUT2D eigenvalue weighted by atomic mass is 9.97. The van der Waals surface area contributed by atoms with Crippen LogP contribution in [0.5, 0.6) is 0 Å². The molecule has 0 radical (unpaired) electrons. The lowest BCUT2D eigenvalue weighted by Gasteiger charge is -2.32. The fourth-order valence-electron chi connectivity index (χ4n) is 6.05. The second-order valence-electron chi connectivity index (χ2n) is 15.4. The number of thiazole rings is 1. The van der Waals surface area contributed by atoms with Crippen LogP contribution in [0.15, 0.2) is 10.9 Å². The zero-order chi connectivity index (χ0) is 38.2. The molecular formula is C35H58N8O6S2. The van der Waals surface area contributed by atoms with Gasteiger partial charge in [-0.1, -0.05) is 69.2 Å². The molecule has 0 aliphatic carbocycles. The van der Waals surface area contributed by atoms with E-state index < -0.39 is 65.9 Å². The van der Waals surface area contributed by atoms with Crippen molar-refractivity contribution in [2.24, 2.45) is 29.6 Å². The Morgan fingerprint density at radius 1 is 0.627 bits per heavy atom. The molecule has 8 atom stereocenters. The van der Waals surface area contributed by atoms with Crippen LogP contribution in [-0.2, 0) is 35.2 Å². The lowest BCUT2D eigenvalue weighted by Crippen LogP contribution is -2.61. The Hall–Kier alpha value is -3.24. The molecule has 1 aromatic heterocycles. The average Bonchev–Trinajstić information content (AvgIpc) is 3.74. The molecule has 0 saturated carbocycles. The highest BCUT2D eigenvalue weighted by atomic mass is 32.2. The van der Waals surface area contributed by atoms with E-state index in [1.54, 1.807) is 38.6 Å². The van der Waals surface area contributed by atoms with Gasteiger partial charge in [-0.2, -0.15) is 0 Å². The van der Waals surface area contributed by atoms with Crippen LogP contribution >= 0.6 is 23.1 Å². The minimum absolute atomic E-state index is 0.0148. The number of hydrogen-bond donors (Lipinski definition) is 7. The third kappa shape index (κ3) is 11.9. The molecule has 0 aromatic carbocycles. The van der Waals surface area contributed by atoms with Gasteiger partial charge in [-0.3, -0.25) is 34.1 Å². The van der Waals surface area contributed by atoms with Crippen molar-refractivity contribution in [3.8, 4) is 0 Å². The molecule has 2 saturated heterocycles. The fourth-order valence-corrected chi connectivity index (χ4v) is 8.12. The Morgan fingerprint density at radius 3 is 1.63 bits per heavy atom. The van der Waals surface area contributed by atoms with Gasteiger partial charge in [0.1, 0.15) is 30.2 Å². The first-order valence-corrected chi connectivity index (χ1v) is 20.0. The van der Waals surface area contributed by atoms with Crippen LogP contribution in [0, 0.1) is 29.6 Å². The van der Waals surface area contributed by atoms with Crippen molar-refractivity contribution < 1.29 is 28.8 Å².